The highest BCUT2D eigenvalue weighted by molar-refractivity contribution is 5.05. The Balaban J connectivity index is 2.62. The van der Waals surface area contributed by atoms with Gasteiger partial charge in [-0.1, -0.05) is 39.5 Å². The molecule has 0 aromatic rings. The number of aliphatic hydroxyl groups is 1. The summed E-state index contributed by atoms with van der Waals surface area (Å²) in [5.74, 6) is 0.592. The van der Waals surface area contributed by atoms with Gasteiger partial charge in [-0.2, -0.15) is 5.26 Å². The molecule has 3 atom stereocenters. The number of hydrogen-bond donors (Lipinski definition) is 1. The summed E-state index contributed by atoms with van der Waals surface area (Å²) in [7, 11) is 0. The lowest BCUT2D eigenvalue weighted by Crippen LogP contribution is -2.38. The standard InChI is InChI=1S/C13H23NO/c1-3-4-7-12(15)13(10-14)8-5-6-11(2)9-13/h11-12,15H,3-9H2,1-2H3. The van der Waals surface area contributed by atoms with E-state index in [2.05, 4.69) is 19.9 Å². The first-order valence-electron chi connectivity index (χ1n) is 6.24. The summed E-state index contributed by atoms with van der Waals surface area (Å²) in [6.07, 6.45) is 6.57. The molecule has 0 amide bonds. The van der Waals surface area contributed by atoms with E-state index in [4.69, 9.17) is 0 Å². The molecule has 86 valence electrons. The molecule has 15 heavy (non-hydrogen) atoms. The van der Waals surface area contributed by atoms with Crippen LogP contribution in [-0.4, -0.2) is 11.2 Å². The van der Waals surface area contributed by atoms with Crippen molar-refractivity contribution in [3.05, 3.63) is 0 Å². The molecule has 0 radical (unpaired) electrons. The van der Waals surface area contributed by atoms with Gasteiger partial charge >= 0.3 is 0 Å². The predicted octanol–water partition coefficient (Wildman–Crippen LogP) is 3.26. The van der Waals surface area contributed by atoms with Crippen LogP contribution in [0.2, 0.25) is 0 Å². The number of unbranched alkanes of at least 4 members (excludes halogenated alkanes) is 1. The third-order valence-corrected chi connectivity index (χ3v) is 3.72. The van der Waals surface area contributed by atoms with E-state index < -0.39 is 11.5 Å². The molecule has 0 spiro atoms. The smallest absolute Gasteiger partial charge is 0.0834 e. The summed E-state index contributed by atoms with van der Waals surface area (Å²) < 4.78 is 0. The average molecular weight is 209 g/mol. The van der Waals surface area contributed by atoms with Crippen molar-refractivity contribution in [3.63, 3.8) is 0 Å². The van der Waals surface area contributed by atoms with Gasteiger partial charge in [-0.25, -0.2) is 0 Å². The SMILES string of the molecule is CCCCC(O)C1(C#N)CCCC(C)C1. The van der Waals surface area contributed by atoms with Crippen LogP contribution in [0.25, 0.3) is 0 Å². The maximum atomic E-state index is 10.2. The summed E-state index contributed by atoms with van der Waals surface area (Å²) in [5, 5.41) is 19.5. The van der Waals surface area contributed by atoms with Crippen LogP contribution in [0.15, 0.2) is 0 Å². The summed E-state index contributed by atoms with van der Waals surface area (Å²) in [6, 6.07) is 2.41. The third-order valence-electron chi connectivity index (χ3n) is 3.72. The first-order chi connectivity index (χ1) is 7.14. The van der Waals surface area contributed by atoms with Gasteiger partial charge in [0.25, 0.3) is 0 Å². The van der Waals surface area contributed by atoms with Gasteiger partial charge in [0.1, 0.15) is 0 Å². The minimum Gasteiger partial charge on any atom is -0.391 e. The van der Waals surface area contributed by atoms with Crippen LogP contribution in [0.1, 0.15) is 58.8 Å². The minimum atomic E-state index is -0.438. The van der Waals surface area contributed by atoms with Crippen LogP contribution in [0.4, 0.5) is 0 Å². The lowest BCUT2D eigenvalue weighted by molar-refractivity contribution is 0.0163. The molecular weight excluding hydrogens is 186 g/mol. The number of rotatable bonds is 4. The van der Waals surface area contributed by atoms with Crippen molar-refractivity contribution in [1.82, 2.24) is 0 Å². The Bertz CT molecular complexity index is 233. The van der Waals surface area contributed by atoms with Crippen LogP contribution >= 0.6 is 0 Å². The van der Waals surface area contributed by atoms with Gasteiger partial charge in [-0.3, -0.25) is 0 Å². The van der Waals surface area contributed by atoms with E-state index in [-0.39, 0.29) is 0 Å². The van der Waals surface area contributed by atoms with Crippen molar-refractivity contribution in [1.29, 1.82) is 5.26 Å². The van der Waals surface area contributed by atoms with Crippen molar-refractivity contribution in [2.75, 3.05) is 0 Å². The third kappa shape index (κ3) is 2.95. The van der Waals surface area contributed by atoms with Gasteiger partial charge in [0, 0.05) is 0 Å². The van der Waals surface area contributed by atoms with Gasteiger partial charge < -0.3 is 5.11 Å². The summed E-state index contributed by atoms with van der Waals surface area (Å²) in [6.45, 7) is 4.31. The van der Waals surface area contributed by atoms with E-state index in [9.17, 15) is 10.4 Å². The summed E-state index contributed by atoms with van der Waals surface area (Å²) >= 11 is 0. The monoisotopic (exact) mass is 209 g/mol. The van der Waals surface area contributed by atoms with Crippen molar-refractivity contribution in [2.45, 2.75) is 64.9 Å². The highest BCUT2D eigenvalue weighted by atomic mass is 16.3. The second-order valence-corrected chi connectivity index (χ2v) is 5.13. The van der Waals surface area contributed by atoms with E-state index >= 15 is 0 Å². The minimum absolute atomic E-state index is 0.412. The Kier molecular flexibility index (Phi) is 4.60. The van der Waals surface area contributed by atoms with E-state index in [1.165, 1.54) is 6.42 Å². The van der Waals surface area contributed by atoms with Crippen LogP contribution in [0.5, 0.6) is 0 Å². The van der Waals surface area contributed by atoms with E-state index in [1.54, 1.807) is 0 Å². The van der Waals surface area contributed by atoms with Crippen LogP contribution in [0.3, 0.4) is 0 Å². The molecular formula is C13H23NO. The lowest BCUT2D eigenvalue weighted by atomic mass is 9.67. The normalized spacial score (nSPS) is 33.3. The zero-order valence-corrected chi connectivity index (χ0v) is 10.00. The highest BCUT2D eigenvalue weighted by Gasteiger charge is 2.40. The van der Waals surface area contributed by atoms with Gasteiger partial charge in [0.05, 0.1) is 17.6 Å². The molecule has 1 N–H and O–H groups in total. The largest absolute Gasteiger partial charge is 0.391 e. The maximum absolute atomic E-state index is 10.2. The fourth-order valence-corrected chi connectivity index (χ4v) is 2.74. The molecule has 3 unspecified atom stereocenters. The van der Waals surface area contributed by atoms with Gasteiger partial charge in [-0.05, 0) is 25.2 Å². The molecule has 1 aliphatic carbocycles. The molecule has 0 heterocycles. The fraction of sp³-hybridized carbons (Fsp3) is 0.923. The topological polar surface area (TPSA) is 44.0 Å². The number of aliphatic hydroxyl groups excluding tert-OH is 1. The molecule has 1 rings (SSSR count). The van der Waals surface area contributed by atoms with Crippen molar-refractivity contribution >= 4 is 0 Å². The molecule has 2 heteroatoms. The lowest BCUT2D eigenvalue weighted by Gasteiger charge is -2.38. The number of hydrogen-bond acceptors (Lipinski definition) is 2. The summed E-state index contributed by atoms with van der Waals surface area (Å²) in [4.78, 5) is 0. The summed E-state index contributed by atoms with van der Waals surface area (Å²) in [5.41, 5.74) is -0.438. The maximum Gasteiger partial charge on any atom is 0.0834 e. The molecule has 0 aromatic carbocycles. The second-order valence-electron chi connectivity index (χ2n) is 5.13. The Hall–Kier alpha value is -0.550. The molecule has 0 bridgehead atoms. The molecule has 1 saturated carbocycles. The predicted molar refractivity (Wildman–Crippen MR) is 61.2 cm³/mol. The molecule has 0 saturated heterocycles. The Labute approximate surface area is 93.3 Å². The quantitative estimate of drug-likeness (QED) is 0.772. The van der Waals surface area contributed by atoms with Crippen LogP contribution in [0, 0.1) is 22.7 Å². The molecule has 1 aliphatic rings. The van der Waals surface area contributed by atoms with E-state index in [1.807, 2.05) is 0 Å². The van der Waals surface area contributed by atoms with Crippen molar-refractivity contribution in [2.24, 2.45) is 11.3 Å². The second kappa shape index (κ2) is 5.51. The Morgan fingerprint density at radius 1 is 1.60 bits per heavy atom. The van der Waals surface area contributed by atoms with Gasteiger partial charge in [0.15, 0.2) is 0 Å². The number of nitriles is 1. The van der Waals surface area contributed by atoms with Crippen LogP contribution < -0.4 is 0 Å². The van der Waals surface area contributed by atoms with Crippen molar-refractivity contribution < 1.29 is 5.11 Å². The number of nitrogens with zero attached hydrogens (tertiary/aromatic N) is 1. The van der Waals surface area contributed by atoms with Crippen LogP contribution in [-0.2, 0) is 0 Å². The van der Waals surface area contributed by atoms with Gasteiger partial charge in [0.2, 0.25) is 0 Å². The first-order valence-corrected chi connectivity index (χ1v) is 6.24. The molecule has 0 aliphatic heterocycles. The van der Waals surface area contributed by atoms with Gasteiger partial charge in [-0.15, -0.1) is 0 Å². The first kappa shape index (κ1) is 12.5. The Morgan fingerprint density at radius 2 is 2.33 bits per heavy atom. The highest BCUT2D eigenvalue weighted by Crippen LogP contribution is 2.42. The van der Waals surface area contributed by atoms with Crippen molar-refractivity contribution in [3.8, 4) is 6.07 Å². The molecule has 0 aromatic heterocycles. The molecule has 1 fully saturated rings. The fourth-order valence-electron chi connectivity index (χ4n) is 2.74. The van der Waals surface area contributed by atoms with E-state index in [0.717, 1.165) is 38.5 Å². The Morgan fingerprint density at radius 3 is 2.87 bits per heavy atom. The molecule has 2 nitrogen and oxygen atoms in total. The zero-order valence-electron chi connectivity index (χ0n) is 10.00. The zero-order chi connectivity index (χ0) is 11.3. The van der Waals surface area contributed by atoms with E-state index in [0.29, 0.717) is 5.92 Å². The average Bonchev–Trinajstić information content (AvgIpc) is 2.25.